The van der Waals surface area contributed by atoms with Crippen LogP contribution in [0.1, 0.15) is 37.8 Å². The summed E-state index contributed by atoms with van der Waals surface area (Å²) in [7, 11) is -2.53. The van der Waals surface area contributed by atoms with Crippen molar-refractivity contribution in [3.63, 3.8) is 0 Å². The summed E-state index contributed by atoms with van der Waals surface area (Å²) in [6, 6.07) is 9.15. The van der Waals surface area contributed by atoms with Crippen molar-refractivity contribution in [2.24, 2.45) is 15.4 Å². The van der Waals surface area contributed by atoms with Crippen molar-refractivity contribution < 1.29 is 27.4 Å². The van der Waals surface area contributed by atoms with Gasteiger partial charge in [-0.3, -0.25) is 0 Å². The number of sulfonamides is 1. The van der Waals surface area contributed by atoms with E-state index in [0.717, 1.165) is 0 Å². The number of unbranched alkanes of at least 4 members (excludes halogenated alkanes) is 1. The van der Waals surface area contributed by atoms with E-state index in [1.54, 1.807) is 18.2 Å². The van der Waals surface area contributed by atoms with Crippen LogP contribution < -0.4 is 9.47 Å². The van der Waals surface area contributed by atoms with Gasteiger partial charge in [-0.25, -0.2) is 9.40 Å². The molecule has 178 valence electrons. The second-order valence-corrected chi connectivity index (χ2v) is 9.51. The number of hydrazone groups is 1. The molecule has 33 heavy (non-hydrogen) atoms. The third-order valence-corrected chi connectivity index (χ3v) is 6.11. The molecule has 0 amide bonds. The number of hydrogen-bond acceptors (Lipinski definition) is 7. The maximum atomic E-state index is 13.7. The van der Waals surface area contributed by atoms with Crippen LogP contribution in [0.2, 0.25) is 0 Å². The molecule has 2 aromatic rings. The number of aliphatic hydroxyl groups excluding tert-OH is 1. The van der Waals surface area contributed by atoms with Crippen LogP contribution in [-0.2, 0) is 10.0 Å². The van der Waals surface area contributed by atoms with Crippen LogP contribution in [0.5, 0.6) is 11.5 Å². The minimum absolute atomic E-state index is 0.0598. The van der Waals surface area contributed by atoms with Gasteiger partial charge in [-0.2, -0.15) is 13.5 Å². The first-order valence-corrected chi connectivity index (χ1v) is 12.1. The predicted molar refractivity (Wildman–Crippen MR) is 124 cm³/mol. The Morgan fingerprint density at radius 3 is 2.70 bits per heavy atom. The zero-order chi connectivity index (χ0) is 24.0. The van der Waals surface area contributed by atoms with Gasteiger partial charge in [0.1, 0.15) is 10.6 Å². The van der Waals surface area contributed by atoms with Gasteiger partial charge < -0.3 is 14.6 Å². The molecule has 0 aromatic heterocycles. The van der Waals surface area contributed by atoms with Crippen molar-refractivity contribution in [1.82, 2.24) is 5.01 Å². The average Bonchev–Trinajstić information content (AvgIpc) is 3.05. The summed E-state index contributed by atoms with van der Waals surface area (Å²) in [5.74, 6) is 0.406. The fraction of sp³-hybridized carbons (Fsp3) is 0.391. The summed E-state index contributed by atoms with van der Waals surface area (Å²) in [6.07, 6.45) is 2.78. The first-order valence-electron chi connectivity index (χ1n) is 10.6. The second kappa shape index (κ2) is 10.8. The molecule has 0 saturated carbocycles. The maximum Gasteiger partial charge on any atom is 0.285 e. The highest BCUT2D eigenvalue weighted by molar-refractivity contribution is 7.90. The number of hydrogen-bond donors (Lipinski definition) is 1. The monoisotopic (exact) mass is 477 g/mol. The summed E-state index contributed by atoms with van der Waals surface area (Å²) in [5, 5.41) is 14.9. The molecule has 0 spiro atoms. The van der Waals surface area contributed by atoms with Gasteiger partial charge in [0.15, 0.2) is 17.4 Å². The van der Waals surface area contributed by atoms with E-state index < -0.39 is 15.8 Å². The smallest absolute Gasteiger partial charge is 0.285 e. The molecule has 1 heterocycles. The molecule has 0 atom stereocenters. The van der Waals surface area contributed by atoms with E-state index >= 15 is 0 Å². The Hall–Kier alpha value is -2.98. The van der Waals surface area contributed by atoms with Crippen LogP contribution in [-0.4, -0.2) is 57.5 Å². The number of amidine groups is 1. The molecule has 0 aliphatic carbocycles. The molecule has 10 heteroatoms. The standard InChI is InChI=1S/C23H28FN3O5S/c1-16(2)15-27(25-14-17-6-9-20(24)21(12-17)31-3)23-19-8-7-18(32-11-5-4-10-28)13-22(19)33(29,30)26-23/h6-9,12-14,16,28H,4-5,10-11,15H2,1-3H3/b25-14+. The number of aliphatic hydroxyl groups is 1. The highest BCUT2D eigenvalue weighted by Crippen LogP contribution is 2.31. The lowest BCUT2D eigenvalue weighted by molar-refractivity contribution is 0.253. The first kappa shape index (κ1) is 24.7. The molecule has 8 nitrogen and oxygen atoms in total. The van der Waals surface area contributed by atoms with Crippen molar-refractivity contribution in [3.05, 3.63) is 53.3 Å². The van der Waals surface area contributed by atoms with Gasteiger partial charge in [-0.15, -0.1) is 4.40 Å². The van der Waals surface area contributed by atoms with E-state index in [9.17, 15) is 12.8 Å². The summed E-state index contributed by atoms with van der Waals surface area (Å²) < 4.78 is 53.8. The summed E-state index contributed by atoms with van der Waals surface area (Å²) in [6.45, 7) is 4.84. The largest absolute Gasteiger partial charge is 0.494 e. The summed E-state index contributed by atoms with van der Waals surface area (Å²) in [4.78, 5) is 0.0598. The topological polar surface area (TPSA) is 101 Å². The highest BCUT2D eigenvalue weighted by atomic mass is 32.2. The van der Waals surface area contributed by atoms with Gasteiger partial charge in [0.05, 0.1) is 19.9 Å². The van der Waals surface area contributed by atoms with E-state index in [1.165, 1.54) is 36.5 Å². The number of fused-ring (bicyclic) bond motifs is 1. The Bertz CT molecular complexity index is 1150. The zero-order valence-electron chi connectivity index (χ0n) is 18.9. The third-order valence-electron chi connectivity index (χ3n) is 4.80. The normalized spacial score (nSPS) is 14.4. The number of methoxy groups -OCH3 is 1. The van der Waals surface area contributed by atoms with Gasteiger partial charge in [-0.1, -0.05) is 19.9 Å². The van der Waals surface area contributed by atoms with E-state index in [0.29, 0.717) is 42.9 Å². The second-order valence-electron chi connectivity index (χ2n) is 7.94. The minimum Gasteiger partial charge on any atom is -0.494 e. The molecule has 0 unspecified atom stereocenters. The first-order chi connectivity index (χ1) is 15.7. The van der Waals surface area contributed by atoms with E-state index in [1.807, 2.05) is 13.8 Å². The molecule has 0 fully saturated rings. The molecular weight excluding hydrogens is 449 g/mol. The van der Waals surface area contributed by atoms with Gasteiger partial charge in [0.25, 0.3) is 10.0 Å². The lowest BCUT2D eigenvalue weighted by Gasteiger charge is -2.21. The quantitative estimate of drug-likeness (QED) is 0.320. The maximum absolute atomic E-state index is 13.7. The Kier molecular flexibility index (Phi) is 8.04. The van der Waals surface area contributed by atoms with E-state index in [4.69, 9.17) is 14.6 Å². The molecule has 0 bridgehead atoms. The average molecular weight is 478 g/mol. The Morgan fingerprint density at radius 1 is 1.21 bits per heavy atom. The van der Waals surface area contributed by atoms with Gasteiger partial charge in [-0.05, 0) is 48.6 Å². The summed E-state index contributed by atoms with van der Waals surface area (Å²) in [5.41, 5.74) is 1.03. The predicted octanol–water partition coefficient (Wildman–Crippen LogP) is 3.43. The molecule has 2 aromatic carbocycles. The van der Waals surface area contributed by atoms with Crippen LogP contribution >= 0.6 is 0 Å². The lowest BCUT2D eigenvalue weighted by Crippen LogP contribution is -2.29. The van der Waals surface area contributed by atoms with Crippen molar-refractivity contribution in [2.45, 2.75) is 31.6 Å². The van der Waals surface area contributed by atoms with Crippen molar-refractivity contribution >= 4 is 22.1 Å². The molecule has 1 aliphatic rings. The third kappa shape index (κ3) is 6.08. The van der Waals surface area contributed by atoms with E-state index in [-0.39, 0.29) is 29.0 Å². The molecule has 0 saturated heterocycles. The number of nitrogens with zero attached hydrogens (tertiary/aromatic N) is 3. The number of ether oxygens (including phenoxy) is 2. The van der Waals surface area contributed by atoms with Crippen LogP contribution in [0.25, 0.3) is 0 Å². The summed E-state index contributed by atoms with van der Waals surface area (Å²) >= 11 is 0. The Labute approximate surface area is 193 Å². The van der Waals surface area contributed by atoms with E-state index in [2.05, 4.69) is 9.50 Å². The van der Waals surface area contributed by atoms with Crippen molar-refractivity contribution in [3.8, 4) is 11.5 Å². The van der Waals surface area contributed by atoms with Crippen LogP contribution in [0.15, 0.2) is 50.8 Å². The number of halogens is 1. The Balaban J connectivity index is 1.90. The Morgan fingerprint density at radius 2 is 2.00 bits per heavy atom. The van der Waals surface area contributed by atoms with Crippen LogP contribution in [0.4, 0.5) is 4.39 Å². The number of benzene rings is 2. The molecule has 1 aliphatic heterocycles. The minimum atomic E-state index is -3.91. The SMILES string of the molecule is COc1cc(/C=N/N(CC(C)C)C2=NS(=O)(=O)c3cc(OCCCCO)ccc32)ccc1F. The molecule has 3 rings (SSSR count). The van der Waals surface area contributed by atoms with Gasteiger partial charge in [0.2, 0.25) is 0 Å². The molecule has 0 radical (unpaired) electrons. The fourth-order valence-electron chi connectivity index (χ4n) is 3.22. The van der Waals surface area contributed by atoms with Gasteiger partial charge in [0, 0.05) is 24.8 Å². The van der Waals surface area contributed by atoms with Crippen LogP contribution in [0, 0.1) is 11.7 Å². The van der Waals surface area contributed by atoms with Crippen molar-refractivity contribution in [1.29, 1.82) is 0 Å². The van der Waals surface area contributed by atoms with Gasteiger partial charge >= 0.3 is 0 Å². The van der Waals surface area contributed by atoms with Crippen molar-refractivity contribution in [2.75, 3.05) is 26.9 Å². The fourth-order valence-corrected chi connectivity index (χ4v) is 4.44. The lowest BCUT2D eigenvalue weighted by atomic mass is 10.1. The van der Waals surface area contributed by atoms with Crippen LogP contribution in [0.3, 0.4) is 0 Å². The number of rotatable bonds is 10. The molecule has 1 N–H and O–H groups in total. The molecular formula is C23H28FN3O5S. The highest BCUT2D eigenvalue weighted by Gasteiger charge is 2.33. The zero-order valence-corrected chi connectivity index (χ0v) is 19.7.